The molecule has 0 spiro atoms. The van der Waals surface area contributed by atoms with Gasteiger partial charge in [-0.1, -0.05) is 11.6 Å². The molecule has 0 unspecified atom stereocenters. The van der Waals surface area contributed by atoms with Crippen molar-refractivity contribution in [1.82, 2.24) is 10.7 Å². The summed E-state index contributed by atoms with van der Waals surface area (Å²) in [5.74, 6) is -0.0135. The van der Waals surface area contributed by atoms with Gasteiger partial charge in [0.25, 0.3) is 11.8 Å². The van der Waals surface area contributed by atoms with Gasteiger partial charge in [-0.25, -0.2) is 5.43 Å². The van der Waals surface area contributed by atoms with Crippen LogP contribution in [0.15, 0.2) is 53.6 Å². The molecular weight excluding hydrogens is 342 g/mol. The topological polar surface area (TPSA) is 79.8 Å². The van der Waals surface area contributed by atoms with Crippen molar-refractivity contribution < 1.29 is 14.3 Å². The molecule has 25 heavy (non-hydrogen) atoms. The Morgan fingerprint density at radius 1 is 1.12 bits per heavy atom. The summed E-state index contributed by atoms with van der Waals surface area (Å²) < 4.78 is 5.34. The van der Waals surface area contributed by atoms with E-state index < -0.39 is 5.91 Å². The molecule has 0 aromatic heterocycles. The van der Waals surface area contributed by atoms with E-state index in [-0.39, 0.29) is 12.5 Å². The van der Waals surface area contributed by atoms with Crippen LogP contribution in [0, 0.1) is 0 Å². The minimum Gasteiger partial charge on any atom is -0.494 e. The standard InChI is InChI=1S/C18H18ClN3O3/c1-2-25-16-9-3-13(4-10-16)11-21-22-17(23)12-20-18(24)14-5-7-15(19)8-6-14/h3-11H,2,12H2,1H3,(H,20,24)(H,22,23). The van der Waals surface area contributed by atoms with E-state index in [9.17, 15) is 9.59 Å². The molecule has 7 heteroatoms. The number of hydrogen-bond acceptors (Lipinski definition) is 4. The number of amides is 2. The molecule has 2 aromatic carbocycles. The number of ether oxygens (including phenoxy) is 1. The Bertz CT molecular complexity index is 743. The van der Waals surface area contributed by atoms with E-state index >= 15 is 0 Å². The Balaban J connectivity index is 1.76. The number of carbonyl (C=O) groups excluding carboxylic acids is 2. The molecule has 2 amide bonds. The number of nitrogens with zero attached hydrogens (tertiary/aromatic N) is 1. The molecule has 0 atom stereocenters. The lowest BCUT2D eigenvalue weighted by atomic mass is 10.2. The van der Waals surface area contributed by atoms with E-state index in [1.165, 1.54) is 6.21 Å². The average molecular weight is 360 g/mol. The first kappa shape index (κ1) is 18.5. The van der Waals surface area contributed by atoms with Crippen LogP contribution in [0.25, 0.3) is 0 Å². The van der Waals surface area contributed by atoms with Crippen LogP contribution in [0.3, 0.4) is 0 Å². The van der Waals surface area contributed by atoms with Crippen molar-refractivity contribution in [2.24, 2.45) is 5.10 Å². The first-order chi connectivity index (χ1) is 12.1. The van der Waals surface area contributed by atoms with Crippen LogP contribution < -0.4 is 15.5 Å². The summed E-state index contributed by atoms with van der Waals surface area (Å²) in [7, 11) is 0. The lowest BCUT2D eigenvalue weighted by Gasteiger charge is -2.04. The Kier molecular flexibility index (Phi) is 6.98. The van der Waals surface area contributed by atoms with Crippen LogP contribution >= 0.6 is 11.6 Å². The molecule has 130 valence electrons. The van der Waals surface area contributed by atoms with E-state index in [1.807, 2.05) is 31.2 Å². The maximum atomic E-state index is 11.9. The number of carbonyl (C=O) groups is 2. The molecule has 0 saturated carbocycles. The van der Waals surface area contributed by atoms with Gasteiger partial charge in [0.15, 0.2) is 0 Å². The molecule has 2 N–H and O–H groups in total. The molecule has 6 nitrogen and oxygen atoms in total. The fourth-order valence-corrected chi connectivity index (χ4v) is 2.02. The second-order valence-corrected chi connectivity index (χ2v) is 5.42. The van der Waals surface area contributed by atoms with Gasteiger partial charge in [-0.3, -0.25) is 9.59 Å². The summed E-state index contributed by atoms with van der Waals surface area (Å²) >= 11 is 5.76. The van der Waals surface area contributed by atoms with E-state index in [4.69, 9.17) is 16.3 Å². The predicted octanol–water partition coefficient (Wildman–Crippen LogP) is 2.62. The van der Waals surface area contributed by atoms with Gasteiger partial charge in [-0.2, -0.15) is 5.10 Å². The first-order valence-electron chi connectivity index (χ1n) is 7.67. The Morgan fingerprint density at radius 2 is 1.80 bits per heavy atom. The third-order valence-corrected chi connectivity index (χ3v) is 3.36. The number of nitrogens with one attached hydrogen (secondary N) is 2. The number of hydrogen-bond donors (Lipinski definition) is 2. The van der Waals surface area contributed by atoms with E-state index in [2.05, 4.69) is 15.8 Å². The van der Waals surface area contributed by atoms with Crippen molar-refractivity contribution in [2.75, 3.05) is 13.2 Å². The van der Waals surface area contributed by atoms with Crippen LogP contribution in [0.4, 0.5) is 0 Å². The third kappa shape index (κ3) is 6.27. The Labute approximate surface area is 150 Å². The molecule has 2 rings (SSSR count). The SMILES string of the molecule is CCOc1ccc(C=NNC(=O)CNC(=O)c2ccc(Cl)cc2)cc1. The highest BCUT2D eigenvalue weighted by molar-refractivity contribution is 6.30. The molecule has 0 bridgehead atoms. The van der Waals surface area contributed by atoms with Crippen molar-refractivity contribution in [3.63, 3.8) is 0 Å². The van der Waals surface area contributed by atoms with Crippen LogP contribution in [0.1, 0.15) is 22.8 Å². The lowest BCUT2D eigenvalue weighted by molar-refractivity contribution is -0.120. The predicted molar refractivity (Wildman–Crippen MR) is 97.1 cm³/mol. The van der Waals surface area contributed by atoms with Crippen molar-refractivity contribution in [3.8, 4) is 5.75 Å². The van der Waals surface area contributed by atoms with Gasteiger partial charge in [0.05, 0.1) is 19.4 Å². The van der Waals surface area contributed by atoms with Gasteiger partial charge >= 0.3 is 0 Å². The van der Waals surface area contributed by atoms with Gasteiger partial charge in [0, 0.05) is 10.6 Å². The van der Waals surface area contributed by atoms with Crippen LogP contribution in [-0.4, -0.2) is 31.2 Å². The first-order valence-corrected chi connectivity index (χ1v) is 8.05. The van der Waals surface area contributed by atoms with Crippen LogP contribution in [0.5, 0.6) is 5.75 Å². The van der Waals surface area contributed by atoms with E-state index in [0.717, 1.165) is 11.3 Å². The largest absolute Gasteiger partial charge is 0.494 e. The lowest BCUT2D eigenvalue weighted by Crippen LogP contribution is -2.34. The summed E-state index contributed by atoms with van der Waals surface area (Å²) in [6, 6.07) is 13.7. The van der Waals surface area contributed by atoms with E-state index in [0.29, 0.717) is 17.2 Å². The number of rotatable bonds is 7. The van der Waals surface area contributed by atoms with Crippen LogP contribution in [0.2, 0.25) is 5.02 Å². The zero-order valence-electron chi connectivity index (χ0n) is 13.7. The molecule has 0 radical (unpaired) electrons. The fraction of sp³-hybridized carbons (Fsp3) is 0.167. The summed E-state index contributed by atoms with van der Waals surface area (Å²) in [5.41, 5.74) is 3.59. The van der Waals surface area contributed by atoms with Gasteiger partial charge in [0.2, 0.25) is 0 Å². The molecule has 0 aliphatic heterocycles. The van der Waals surface area contributed by atoms with Crippen LogP contribution in [-0.2, 0) is 4.79 Å². The maximum absolute atomic E-state index is 11.9. The number of halogens is 1. The second-order valence-electron chi connectivity index (χ2n) is 4.98. The molecular formula is C18H18ClN3O3. The summed E-state index contributed by atoms with van der Waals surface area (Å²) in [6.07, 6.45) is 1.51. The van der Waals surface area contributed by atoms with Gasteiger partial charge in [-0.05, 0) is 61.0 Å². The zero-order chi connectivity index (χ0) is 18.1. The summed E-state index contributed by atoms with van der Waals surface area (Å²) in [4.78, 5) is 23.5. The Morgan fingerprint density at radius 3 is 2.44 bits per heavy atom. The molecule has 0 aliphatic carbocycles. The summed E-state index contributed by atoms with van der Waals surface area (Å²) in [6.45, 7) is 2.34. The van der Waals surface area contributed by atoms with E-state index in [1.54, 1.807) is 24.3 Å². The van der Waals surface area contributed by atoms with Crippen molar-refractivity contribution in [2.45, 2.75) is 6.92 Å². The highest BCUT2D eigenvalue weighted by Gasteiger charge is 2.07. The smallest absolute Gasteiger partial charge is 0.259 e. The molecule has 0 heterocycles. The Hall–Kier alpha value is -2.86. The molecule has 0 fully saturated rings. The zero-order valence-corrected chi connectivity index (χ0v) is 14.4. The molecule has 0 saturated heterocycles. The van der Waals surface area contributed by atoms with Gasteiger partial charge < -0.3 is 10.1 Å². The highest BCUT2D eigenvalue weighted by atomic mass is 35.5. The normalized spacial score (nSPS) is 10.5. The monoisotopic (exact) mass is 359 g/mol. The van der Waals surface area contributed by atoms with Gasteiger partial charge in [0.1, 0.15) is 5.75 Å². The third-order valence-electron chi connectivity index (χ3n) is 3.11. The average Bonchev–Trinajstić information content (AvgIpc) is 2.62. The molecule has 0 aliphatic rings. The number of hydrazone groups is 1. The van der Waals surface area contributed by atoms with Crippen molar-refractivity contribution >= 4 is 29.6 Å². The highest BCUT2D eigenvalue weighted by Crippen LogP contribution is 2.10. The minimum atomic E-state index is -0.426. The van der Waals surface area contributed by atoms with Crippen molar-refractivity contribution in [1.29, 1.82) is 0 Å². The summed E-state index contributed by atoms with van der Waals surface area (Å²) in [5, 5.41) is 6.89. The minimum absolute atomic E-state index is 0.178. The maximum Gasteiger partial charge on any atom is 0.259 e. The molecule has 2 aromatic rings. The second kappa shape index (κ2) is 9.44. The van der Waals surface area contributed by atoms with Gasteiger partial charge in [-0.15, -0.1) is 0 Å². The quantitative estimate of drug-likeness (QED) is 0.589. The van der Waals surface area contributed by atoms with Crippen molar-refractivity contribution in [3.05, 3.63) is 64.7 Å². The number of benzene rings is 2. The fourth-order valence-electron chi connectivity index (χ4n) is 1.90.